The minimum absolute atomic E-state index is 0. The van der Waals surface area contributed by atoms with Crippen molar-refractivity contribution in [3.63, 3.8) is 0 Å². The third kappa shape index (κ3) is 29.5. The van der Waals surface area contributed by atoms with E-state index in [1.165, 1.54) is 6.92 Å². The van der Waals surface area contributed by atoms with Crippen LogP contribution in [-0.4, -0.2) is 25.0 Å². The SMILES string of the molecule is C.CC(=O)Oc1c(F)c(F)c(F)c(F)c1F.[CH2-]CCCN.[CH2-]CCCNC(C)=O.[CH3-].[CH3-].[CH3-].[CH3-].[K+].[K+]. The Morgan fingerprint density at radius 1 is 0.800 bits per heavy atom. The number of nitrogens with two attached hydrogens (primary N) is 1. The number of rotatable bonds is 6. The van der Waals surface area contributed by atoms with E-state index in [2.05, 4.69) is 23.9 Å². The molecule has 0 fully saturated rings. The average Bonchev–Trinajstić information content (AvgIpc) is 2.63. The van der Waals surface area contributed by atoms with Crippen molar-refractivity contribution >= 4 is 11.9 Å². The van der Waals surface area contributed by atoms with E-state index in [9.17, 15) is 31.5 Å². The van der Waals surface area contributed by atoms with Crippen LogP contribution in [0, 0.1) is 72.6 Å². The van der Waals surface area contributed by atoms with Crippen molar-refractivity contribution in [2.24, 2.45) is 5.73 Å². The molecule has 0 saturated heterocycles. The summed E-state index contributed by atoms with van der Waals surface area (Å²) >= 11 is 0. The molecule has 35 heavy (non-hydrogen) atoms. The Bertz CT molecular complexity index is 611. The standard InChI is InChI=1S/C8H3F5O2.C6H12NO.C4H10N.CH4.4CH3.2K/c1-2(14)15-8-6(12)4(10)3(9)5(11)7(8)13;1-3-4-5-7-6(2)8;1-2-3-4-5;;;;;;;/h1H3;1,3-5H2,2H3,(H,7,8);1-5H2;1H4;4*1H3;;/q;2*-1;;4*-1;2*+1. The molecule has 0 radical (unpaired) electrons. The first-order valence-corrected chi connectivity index (χ1v) is 8.27. The molecule has 0 aliphatic rings. The van der Waals surface area contributed by atoms with E-state index in [0.29, 0.717) is 0 Å². The minimum Gasteiger partial charge on any atom is -0.420 e. The van der Waals surface area contributed by atoms with Gasteiger partial charge in [0.05, 0.1) is 0 Å². The molecule has 202 valence electrons. The first-order chi connectivity index (χ1) is 13.0. The Balaban J connectivity index is -0.0000000424. The molecule has 1 amide bonds. The number of benzene rings is 1. The van der Waals surface area contributed by atoms with Crippen LogP contribution in [0.1, 0.15) is 47.0 Å². The zero-order valence-corrected chi connectivity index (χ0v) is 28.1. The summed E-state index contributed by atoms with van der Waals surface area (Å²) in [7, 11) is 0. The normalized spacial score (nSPS) is 7.60. The summed E-state index contributed by atoms with van der Waals surface area (Å²) < 4.78 is 66.9. The van der Waals surface area contributed by atoms with E-state index in [-0.39, 0.29) is 146 Å². The smallest absolute Gasteiger partial charge is 0.420 e. The molecule has 5 nitrogen and oxygen atoms in total. The Morgan fingerprint density at radius 2 is 1.14 bits per heavy atom. The number of ether oxygens (including phenoxy) is 1. The van der Waals surface area contributed by atoms with Crippen molar-refractivity contribution in [1.82, 2.24) is 5.32 Å². The number of halogens is 5. The van der Waals surface area contributed by atoms with Gasteiger partial charge in [-0.2, -0.15) is 21.6 Å². The molecule has 0 spiro atoms. The topological polar surface area (TPSA) is 81.4 Å². The number of esters is 1. The second kappa shape index (κ2) is 37.2. The van der Waals surface area contributed by atoms with Crippen LogP contribution in [0.25, 0.3) is 0 Å². The zero-order valence-electron chi connectivity index (χ0n) is 21.8. The monoisotopic (exact) mass is 566 g/mol. The van der Waals surface area contributed by atoms with Gasteiger partial charge in [-0.25, -0.2) is 13.2 Å². The molecule has 0 unspecified atom stereocenters. The van der Waals surface area contributed by atoms with Gasteiger partial charge in [-0.1, -0.05) is 20.3 Å². The van der Waals surface area contributed by atoms with Gasteiger partial charge in [0.15, 0.2) is 0 Å². The van der Waals surface area contributed by atoms with Crippen molar-refractivity contribution in [3.05, 3.63) is 72.6 Å². The van der Waals surface area contributed by atoms with Crippen LogP contribution < -0.4 is 119 Å². The van der Waals surface area contributed by atoms with Gasteiger partial charge in [-0.3, -0.25) is 9.59 Å². The summed E-state index contributed by atoms with van der Waals surface area (Å²) in [5.74, 6) is -13.7. The van der Waals surface area contributed by atoms with Crippen LogP contribution in [0.5, 0.6) is 5.75 Å². The summed E-state index contributed by atoms with van der Waals surface area (Å²) in [6, 6.07) is 0. The van der Waals surface area contributed by atoms with E-state index in [1.54, 1.807) is 0 Å². The second-order valence-electron chi connectivity index (χ2n) is 5.18. The summed E-state index contributed by atoms with van der Waals surface area (Å²) in [4.78, 5) is 20.5. The molecule has 1 aromatic rings. The van der Waals surface area contributed by atoms with Crippen molar-refractivity contribution in [2.75, 3.05) is 13.1 Å². The van der Waals surface area contributed by atoms with Gasteiger partial charge in [0, 0.05) is 20.4 Å². The summed E-state index contributed by atoms with van der Waals surface area (Å²) in [5.41, 5.74) is 5.10. The molecule has 0 heterocycles. The van der Waals surface area contributed by atoms with Gasteiger partial charge in [-0.05, 0) is 6.54 Å². The molecule has 1 rings (SSSR count). The molecule has 0 atom stereocenters. The molecule has 0 saturated carbocycles. The zero-order chi connectivity index (χ0) is 22.3. The van der Waals surface area contributed by atoms with Gasteiger partial charge >= 0.3 is 109 Å². The fourth-order valence-electron chi connectivity index (χ4n) is 1.35. The number of hydrogen-bond donors (Lipinski definition) is 2. The van der Waals surface area contributed by atoms with Crippen molar-refractivity contribution in [1.29, 1.82) is 0 Å². The molecule has 12 heteroatoms. The first-order valence-electron chi connectivity index (χ1n) is 8.27. The van der Waals surface area contributed by atoms with E-state index in [4.69, 9.17) is 5.73 Å². The number of unbranched alkanes of at least 4 members (excludes halogenated alkanes) is 2. The maximum Gasteiger partial charge on any atom is 1.00 e. The van der Waals surface area contributed by atoms with Gasteiger partial charge in [0.1, 0.15) is 0 Å². The Morgan fingerprint density at radius 3 is 1.37 bits per heavy atom. The Labute approximate surface area is 296 Å². The van der Waals surface area contributed by atoms with E-state index in [0.717, 1.165) is 45.7 Å². The molecule has 1 aromatic carbocycles. The largest absolute Gasteiger partial charge is 1.00 e. The fourth-order valence-corrected chi connectivity index (χ4v) is 1.35. The fraction of sp³-hybridized carbons (Fsp3) is 0.391. The van der Waals surface area contributed by atoms with Crippen molar-refractivity contribution < 1.29 is 139 Å². The Kier molecular flexibility index (Phi) is 64.3. The van der Waals surface area contributed by atoms with Gasteiger partial charge < -0.3 is 59.3 Å². The van der Waals surface area contributed by atoms with Gasteiger partial charge in [0.2, 0.25) is 40.7 Å². The van der Waals surface area contributed by atoms with E-state index >= 15 is 0 Å². The predicted molar refractivity (Wildman–Crippen MR) is 127 cm³/mol. The number of carbonyl (C=O) groups is 2. The number of nitrogens with one attached hydrogen (secondary N) is 1. The van der Waals surface area contributed by atoms with E-state index in [1.807, 2.05) is 0 Å². The first kappa shape index (κ1) is 60.5. The van der Waals surface area contributed by atoms with Crippen LogP contribution in [0.4, 0.5) is 22.0 Å². The van der Waals surface area contributed by atoms with Gasteiger partial charge in [0.25, 0.3) is 0 Å². The maximum absolute atomic E-state index is 12.8. The second-order valence-corrected chi connectivity index (χ2v) is 5.18. The van der Waals surface area contributed by atoms with Crippen molar-refractivity contribution in [2.45, 2.75) is 47.0 Å². The van der Waals surface area contributed by atoms with Crippen LogP contribution in [0.15, 0.2) is 0 Å². The molecule has 0 bridgehead atoms. The van der Waals surface area contributed by atoms with Crippen LogP contribution in [-0.2, 0) is 9.59 Å². The third-order valence-electron chi connectivity index (χ3n) is 2.67. The van der Waals surface area contributed by atoms with Crippen LogP contribution >= 0.6 is 0 Å². The van der Waals surface area contributed by atoms with Gasteiger partial charge in [-0.15, -0.1) is 0 Å². The average molecular weight is 567 g/mol. The number of amides is 1. The number of carbonyl (C=O) groups excluding carboxylic acids is 2. The molecular formula is C23H41F5K2N2O3-4. The minimum atomic E-state index is -2.30. The molecule has 0 aliphatic heterocycles. The summed E-state index contributed by atoms with van der Waals surface area (Å²) in [5, 5.41) is 2.67. The molecular weight excluding hydrogens is 525 g/mol. The predicted octanol–water partition coefficient (Wildman–Crippen LogP) is 0.0488. The molecule has 0 aromatic heterocycles. The third-order valence-corrected chi connectivity index (χ3v) is 2.67. The molecule has 0 aliphatic carbocycles. The maximum atomic E-state index is 12.8. The summed E-state index contributed by atoms with van der Waals surface area (Å²) in [6.45, 7) is 11.0. The van der Waals surface area contributed by atoms with E-state index < -0.39 is 40.8 Å². The summed E-state index contributed by atoms with van der Waals surface area (Å²) in [6.07, 6.45) is 3.89. The van der Waals surface area contributed by atoms with Crippen LogP contribution in [0.2, 0.25) is 0 Å². The van der Waals surface area contributed by atoms with Crippen molar-refractivity contribution in [3.8, 4) is 5.75 Å². The van der Waals surface area contributed by atoms with Crippen LogP contribution in [0.3, 0.4) is 0 Å². The molecule has 3 N–H and O–H groups in total. The Hall–Kier alpha value is 1.04. The number of hydrogen-bond acceptors (Lipinski definition) is 4. The quantitative estimate of drug-likeness (QED) is 0.0746.